The molecule has 0 radical (unpaired) electrons. The van der Waals surface area contributed by atoms with Gasteiger partial charge in [0.25, 0.3) is 0 Å². The lowest BCUT2D eigenvalue weighted by molar-refractivity contribution is -0.139. The molecule has 1 heterocycles. The van der Waals surface area contributed by atoms with Crippen molar-refractivity contribution in [2.75, 3.05) is 20.3 Å². The molecule has 110 valence electrons. The van der Waals surface area contributed by atoms with E-state index < -0.39 is 5.92 Å². The lowest BCUT2D eigenvalue weighted by atomic mass is 9.82. The number of allylic oxidation sites excluding steroid dienone is 1. The van der Waals surface area contributed by atoms with Crippen molar-refractivity contribution in [2.24, 2.45) is 11.8 Å². The maximum atomic E-state index is 12.5. The lowest BCUT2D eigenvalue weighted by Gasteiger charge is -2.33. The molecule has 1 aliphatic carbocycles. The molecule has 0 aromatic heterocycles. The van der Waals surface area contributed by atoms with Gasteiger partial charge in [-0.15, -0.1) is 0 Å². The van der Waals surface area contributed by atoms with E-state index in [0.29, 0.717) is 18.5 Å². The Morgan fingerprint density at radius 2 is 2.30 bits per heavy atom. The van der Waals surface area contributed by atoms with Gasteiger partial charge in [0.2, 0.25) is 5.91 Å². The minimum atomic E-state index is -0.407. The van der Waals surface area contributed by atoms with Crippen molar-refractivity contribution in [1.29, 1.82) is 0 Å². The summed E-state index contributed by atoms with van der Waals surface area (Å²) in [6.07, 6.45) is 5.97. The van der Waals surface area contributed by atoms with Crippen LogP contribution in [0.3, 0.4) is 0 Å². The van der Waals surface area contributed by atoms with E-state index in [9.17, 15) is 14.7 Å². The van der Waals surface area contributed by atoms with Gasteiger partial charge >= 0.3 is 5.97 Å². The summed E-state index contributed by atoms with van der Waals surface area (Å²) in [5.74, 6) is -0.999. The molecule has 5 nitrogen and oxygen atoms in total. The molecule has 0 spiro atoms. The van der Waals surface area contributed by atoms with Gasteiger partial charge in [0.1, 0.15) is 0 Å². The molecule has 0 fully saturated rings. The second-order valence-corrected chi connectivity index (χ2v) is 5.22. The fourth-order valence-electron chi connectivity index (χ4n) is 2.93. The fourth-order valence-corrected chi connectivity index (χ4v) is 2.93. The summed E-state index contributed by atoms with van der Waals surface area (Å²) < 4.78 is 4.82. The Kier molecular flexibility index (Phi) is 4.60. The van der Waals surface area contributed by atoms with Gasteiger partial charge in [0.05, 0.1) is 25.2 Å². The maximum absolute atomic E-state index is 12.5. The molecule has 0 saturated carbocycles. The zero-order chi connectivity index (χ0) is 14.7. The Morgan fingerprint density at radius 3 is 2.90 bits per heavy atom. The summed E-state index contributed by atoms with van der Waals surface area (Å²) in [5, 5.41) is 9.39. The maximum Gasteiger partial charge on any atom is 0.335 e. The van der Waals surface area contributed by atoms with Gasteiger partial charge in [-0.05, 0) is 18.4 Å². The highest BCUT2D eigenvalue weighted by Gasteiger charge is 2.44. The average Bonchev–Trinajstić information content (AvgIpc) is 2.90. The molecule has 1 N–H and O–H groups in total. The van der Waals surface area contributed by atoms with Crippen LogP contribution in [0.25, 0.3) is 0 Å². The number of carbonyl (C=O) groups is 2. The summed E-state index contributed by atoms with van der Waals surface area (Å²) in [6.45, 7) is 2.51. The number of amides is 1. The Hall–Kier alpha value is -1.62. The molecule has 1 aliphatic heterocycles. The second kappa shape index (κ2) is 6.22. The summed E-state index contributed by atoms with van der Waals surface area (Å²) in [6, 6.07) is 0. The van der Waals surface area contributed by atoms with Crippen molar-refractivity contribution in [2.45, 2.75) is 26.2 Å². The van der Waals surface area contributed by atoms with Gasteiger partial charge in [0, 0.05) is 18.7 Å². The molecule has 1 amide bonds. The van der Waals surface area contributed by atoms with Gasteiger partial charge in [-0.25, -0.2) is 4.79 Å². The number of rotatable bonds is 5. The third kappa shape index (κ3) is 2.50. The highest BCUT2D eigenvalue weighted by Crippen LogP contribution is 2.41. The minimum absolute atomic E-state index is 0.0195. The van der Waals surface area contributed by atoms with Crippen molar-refractivity contribution in [1.82, 2.24) is 4.90 Å². The van der Waals surface area contributed by atoms with E-state index in [1.165, 1.54) is 7.11 Å². The van der Waals surface area contributed by atoms with Crippen LogP contribution in [-0.4, -0.2) is 42.1 Å². The molecule has 0 aromatic carbocycles. The van der Waals surface area contributed by atoms with Crippen LogP contribution < -0.4 is 0 Å². The van der Waals surface area contributed by atoms with Crippen molar-refractivity contribution < 1.29 is 19.4 Å². The number of carbonyl (C=O) groups excluding carboxylic acids is 2. The molecule has 2 atom stereocenters. The molecular weight excluding hydrogens is 258 g/mol. The molecule has 0 aromatic rings. The number of unbranched alkanes of at least 4 members (excludes halogenated alkanes) is 1. The smallest absolute Gasteiger partial charge is 0.335 e. The molecule has 0 unspecified atom stereocenters. The summed E-state index contributed by atoms with van der Waals surface area (Å²) in [5.41, 5.74) is 1.25. The molecule has 0 saturated heterocycles. The van der Waals surface area contributed by atoms with E-state index in [1.54, 1.807) is 11.1 Å². The first kappa shape index (κ1) is 14.8. The molecule has 2 rings (SSSR count). The standard InChI is InChI=1S/C15H21NO4/c1-3-4-7-16-8-12(15(19)20-2)11-6-5-10(9-17)13(11)14(16)18/h5,8,11,13,17H,3-4,6-7,9H2,1-2H3/t11-,13-/m1/s1. The van der Waals surface area contributed by atoms with Crippen molar-refractivity contribution >= 4 is 11.9 Å². The number of hydrogen-bond donors (Lipinski definition) is 1. The average molecular weight is 279 g/mol. The van der Waals surface area contributed by atoms with Crippen LogP contribution in [0, 0.1) is 11.8 Å². The minimum Gasteiger partial charge on any atom is -0.466 e. The number of esters is 1. The molecule has 0 bridgehead atoms. The SMILES string of the molecule is CCCCN1C=C(C(=O)OC)[C@H]2CC=C(CO)[C@H]2C1=O. The number of aliphatic hydroxyl groups excluding tert-OH is 1. The zero-order valence-electron chi connectivity index (χ0n) is 12.0. The van der Waals surface area contributed by atoms with Crippen LogP contribution in [0.2, 0.25) is 0 Å². The Morgan fingerprint density at radius 1 is 1.55 bits per heavy atom. The monoisotopic (exact) mass is 279 g/mol. The summed E-state index contributed by atoms with van der Waals surface area (Å²) in [4.78, 5) is 26.0. The zero-order valence-corrected chi connectivity index (χ0v) is 12.0. The second-order valence-electron chi connectivity index (χ2n) is 5.22. The normalized spacial score (nSPS) is 25.1. The van der Waals surface area contributed by atoms with E-state index in [-0.39, 0.29) is 24.4 Å². The third-order valence-electron chi connectivity index (χ3n) is 4.04. The fraction of sp³-hybridized carbons (Fsp3) is 0.600. The number of nitrogens with zero attached hydrogens (tertiary/aromatic N) is 1. The van der Waals surface area contributed by atoms with Crippen LogP contribution in [0.1, 0.15) is 26.2 Å². The van der Waals surface area contributed by atoms with Gasteiger partial charge in [0.15, 0.2) is 0 Å². The van der Waals surface area contributed by atoms with Gasteiger partial charge in [-0.3, -0.25) is 4.79 Å². The van der Waals surface area contributed by atoms with E-state index >= 15 is 0 Å². The number of hydrogen-bond acceptors (Lipinski definition) is 4. The Balaban J connectivity index is 2.32. The summed E-state index contributed by atoms with van der Waals surface area (Å²) in [7, 11) is 1.35. The van der Waals surface area contributed by atoms with Gasteiger partial charge in [-0.1, -0.05) is 19.4 Å². The number of ether oxygens (including phenoxy) is 1. The quantitative estimate of drug-likeness (QED) is 0.607. The van der Waals surface area contributed by atoms with E-state index in [2.05, 4.69) is 6.92 Å². The number of methoxy groups -OCH3 is 1. The van der Waals surface area contributed by atoms with Crippen LogP contribution in [0.4, 0.5) is 0 Å². The predicted molar refractivity (Wildman–Crippen MR) is 73.5 cm³/mol. The lowest BCUT2D eigenvalue weighted by Crippen LogP contribution is -2.42. The highest BCUT2D eigenvalue weighted by molar-refractivity contribution is 5.95. The van der Waals surface area contributed by atoms with E-state index in [1.807, 2.05) is 6.08 Å². The molecular formula is C15H21NO4. The molecule has 5 heteroatoms. The Bertz CT molecular complexity index is 466. The van der Waals surface area contributed by atoms with E-state index in [4.69, 9.17) is 4.74 Å². The summed E-state index contributed by atoms with van der Waals surface area (Å²) >= 11 is 0. The van der Waals surface area contributed by atoms with Gasteiger partial charge in [-0.2, -0.15) is 0 Å². The van der Waals surface area contributed by atoms with Gasteiger partial charge < -0.3 is 14.7 Å². The highest BCUT2D eigenvalue weighted by atomic mass is 16.5. The first-order valence-electron chi connectivity index (χ1n) is 7.04. The molecule has 20 heavy (non-hydrogen) atoms. The number of aliphatic hydroxyl groups is 1. The van der Waals surface area contributed by atoms with Crippen LogP contribution in [-0.2, 0) is 14.3 Å². The number of fused-ring (bicyclic) bond motifs is 1. The van der Waals surface area contributed by atoms with Crippen molar-refractivity contribution in [3.05, 3.63) is 23.4 Å². The van der Waals surface area contributed by atoms with Crippen molar-refractivity contribution in [3.8, 4) is 0 Å². The first-order valence-corrected chi connectivity index (χ1v) is 7.04. The van der Waals surface area contributed by atoms with E-state index in [0.717, 1.165) is 18.4 Å². The largest absolute Gasteiger partial charge is 0.466 e. The Labute approximate surface area is 118 Å². The van der Waals surface area contributed by atoms with Crippen LogP contribution in [0.5, 0.6) is 0 Å². The third-order valence-corrected chi connectivity index (χ3v) is 4.04. The first-order chi connectivity index (χ1) is 9.63. The van der Waals surface area contributed by atoms with Crippen LogP contribution in [0.15, 0.2) is 23.4 Å². The molecule has 2 aliphatic rings. The predicted octanol–water partition coefficient (Wildman–Crippen LogP) is 1.24. The topological polar surface area (TPSA) is 66.8 Å². The van der Waals surface area contributed by atoms with Crippen LogP contribution >= 0.6 is 0 Å². The van der Waals surface area contributed by atoms with Crippen molar-refractivity contribution in [3.63, 3.8) is 0 Å².